The minimum atomic E-state index is 0.0666. The van der Waals surface area contributed by atoms with Crippen molar-refractivity contribution in [3.05, 3.63) is 45.9 Å². The van der Waals surface area contributed by atoms with E-state index in [0.717, 1.165) is 34.3 Å². The first-order valence-corrected chi connectivity index (χ1v) is 9.15. The minimum absolute atomic E-state index is 0.0666. The number of hydrogen-bond donors (Lipinski definition) is 0. The number of benzene rings is 1. The number of para-hydroxylation sites is 1. The van der Waals surface area contributed by atoms with Gasteiger partial charge in [0.25, 0.3) is 5.91 Å². The molecule has 1 aliphatic heterocycles. The lowest BCUT2D eigenvalue weighted by molar-refractivity contribution is 0.0537. The standard InChI is InChI=1S/C19H24N2O2S/c1-13(19(2,3)4)21-11-10-15-17(18(21)22)24-16(20-15)12-23-14-8-6-5-7-9-14/h5-9,13H,10-12H2,1-4H3/t13-/m1/s1. The van der Waals surface area contributed by atoms with Crippen LogP contribution in [0.15, 0.2) is 30.3 Å². The van der Waals surface area contributed by atoms with Gasteiger partial charge in [0.15, 0.2) is 0 Å². The van der Waals surface area contributed by atoms with E-state index in [4.69, 9.17) is 4.74 Å². The number of fused-ring (bicyclic) bond motifs is 1. The number of nitrogens with zero attached hydrogens (tertiary/aromatic N) is 2. The quantitative estimate of drug-likeness (QED) is 0.836. The summed E-state index contributed by atoms with van der Waals surface area (Å²) in [4.78, 5) is 20.2. The third kappa shape index (κ3) is 3.46. The van der Waals surface area contributed by atoms with Gasteiger partial charge in [-0.3, -0.25) is 4.79 Å². The summed E-state index contributed by atoms with van der Waals surface area (Å²) in [7, 11) is 0. The molecule has 0 saturated heterocycles. The molecular weight excluding hydrogens is 320 g/mol. The van der Waals surface area contributed by atoms with Crippen LogP contribution in [0.1, 0.15) is 48.1 Å². The fourth-order valence-electron chi connectivity index (χ4n) is 2.76. The predicted molar refractivity (Wildman–Crippen MR) is 96.5 cm³/mol. The number of ether oxygens (including phenoxy) is 1. The van der Waals surface area contributed by atoms with Crippen LogP contribution >= 0.6 is 11.3 Å². The number of hydrogen-bond acceptors (Lipinski definition) is 4. The van der Waals surface area contributed by atoms with Gasteiger partial charge in [0.2, 0.25) is 0 Å². The zero-order valence-corrected chi connectivity index (χ0v) is 15.5. The van der Waals surface area contributed by atoms with E-state index in [0.29, 0.717) is 6.61 Å². The van der Waals surface area contributed by atoms with Crippen molar-refractivity contribution < 1.29 is 9.53 Å². The first-order valence-electron chi connectivity index (χ1n) is 8.33. The van der Waals surface area contributed by atoms with Gasteiger partial charge >= 0.3 is 0 Å². The van der Waals surface area contributed by atoms with Crippen molar-refractivity contribution in [2.75, 3.05) is 6.54 Å². The van der Waals surface area contributed by atoms with E-state index in [1.54, 1.807) is 0 Å². The Bertz CT molecular complexity index is 719. The van der Waals surface area contributed by atoms with Gasteiger partial charge in [-0.05, 0) is 24.5 Å². The van der Waals surface area contributed by atoms with Crippen molar-refractivity contribution in [3.63, 3.8) is 0 Å². The molecule has 0 fully saturated rings. The van der Waals surface area contributed by atoms with Crippen LogP contribution in [0.3, 0.4) is 0 Å². The highest BCUT2D eigenvalue weighted by Crippen LogP contribution is 2.31. The third-order valence-corrected chi connectivity index (χ3v) is 5.67. The Kier molecular flexibility index (Phi) is 4.63. The lowest BCUT2D eigenvalue weighted by Gasteiger charge is -2.39. The molecule has 5 heteroatoms. The van der Waals surface area contributed by atoms with Gasteiger partial charge in [-0.15, -0.1) is 11.3 Å². The van der Waals surface area contributed by atoms with E-state index in [-0.39, 0.29) is 17.4 Å². The molecule has 0 aliphatic carbocycles. The highest BCUT2D eigenvalue weighted by Gasteiger charge is 2.35. The second kappa shape index (κ2) is 6.55. The molecule has 1 aromatic heterocycles. The average molecular weight is 344 g/mol. The highest BCUT2D eigenvalue weighted by molar-refractivity contribution is 7.13. The predicted octanol–water partition coefficient (Wildman–Crippen LogP) is 4.16. The zero-order chi connectivity index (χ0) is 17.3. The number of aromatic nitrogens is 1. The molecule has 0 N–H and O–H groups in total. The fraction of sp³-hybridized carbons (Fsp3) is 0.474. The van der Waals surface area contributed by atoms with E-state index >= 15 is 0 Å². The lowest BCUT2D eigenvalue weighted by Crippen LogP contribution is -2.48. The Labute approximate surface area is 147 Å². The summed E-state index contributed by atoms with van der Waals surface area (Å²) in [6, 6.07) is 9.88. The van der Waals surface area contributed by atoms with Crippen LogP contribution in [-0.4, -0.2) is 28.4 Å². The number of rotatable bonds is 4. The molecule has 128 valence electrons. The van der Waals surface area contributed by atoms with Crippen LogP contribution in [0.5, 0.6) is 5.75 Å². The van der Waals surface area contributed by atoms with Crippen LogP contribution in [0, 0.1) is 5.41 Å². The van der Waals surface area contributed by atoms with Crippen molar-refractivity contribution in [2.24, 2.45) is 5.41 Å². The molecule has 0 saturated carbocycles. The molecule has 2 heterocycles. The van der Waals surface area contributed by atoms with E-state index in [1.807, 2.05) is 35.2 Å². The molecule has 2 aromatic rings. The maximum absolute atomic E-state index is 12.8. The van der Waals surface area contributed by atoms with Gasteiger partial charge in [-0.1, -0.05) is 39.0 Å². The molecule has 1 atom stereocenters. The number of carbonyl (C=O) groups excluding carboxylic acids is 1. The van der Waals surface area contributed by atoms with E-state index < -0.39 is 0 Å². The van der Waals surface area contributed by atoms with Crippen LogP contribution in [-0.2, 0) is 13.0 Å². The van der Waals surface area contributed by atoms with Gasteiger partial charge in [0, 0.05) is 19.0 Å². The van der Waals surface area contributed by atoms with Crippen molar-refractivity contribution in [3.8, 4) is 5.75 Å². The topological polar surface area (TPSA) is 42.4 Å². The van der Waals surface area contributed by atoms with Crippen LogP contribution in [0.25, 0.3) is 0 Å². The molecule has 4 nitrogen and oxygen atoms in total. The zero-order valence-electron chi connectivity index (χ0n) is 14.7. The average Bonchev–Trinajstić information content (AvgIpc) is 2.97. The SMILES string of the molecule is C[C@@H](N1CCc2nc(COc3ccccc3)sc2C1=O)C(C)(C)C. The molecule has 1 aliphatic rings. The van der Waals surface area contributed by atoms with Crippen molar-refractivity contribution in [1.82, 2.24) is 9.88 Å². The molecular formula is C19H24N2O2S. The number of carbonyl (C=O) groups is 1. The third-order valence-electron chi connectivity index (χ3n) is 4.61. The first-order chi connectivity index (χ1) is 11.4. The summed E-state index contributed by atoms with van der Waals surface area (Å²) in [5, 5.41) is 0.863. The Hall–Kier alpha value is -1.88. The van der Waals surface area contributed by atoms with Gasteiger partial charge < -0.3 is 9.64 Å². The molecule has 1 amide bonds. The van der Waals surface area contributed by atoms with Crippen molar-refractivity contribution in [2.45, 2.75) is 46.8 Å². The molecule has 24 heavy (non-hydrogen) atoms. The van der Waals surface area contributed by atoms with Gasteiger partial charge in [0.1, 0.15) is 22.2 Å². The summed E-state index contributed by atoms with van der Waals surface area (Å²) in [6.07, 6.45) is 0.823. The summed E-state index contributed by atoms with van der Waals surface area (Å²) >= 11 is 1.47. The Balaban J connectivity index is 1.73. The van der Waals surface area contributed by atoms with Crippen molar-refractivity contribution >= 4 is 17.2 Å². The fourth-order valence-corrected chi connectivity index (χ4v) is 3.74. The molecule has 0 spiro atoms. The highest BCUT2D eigenvalue weighted by atomic mass is 32.1. The molecule has 1 aromatic carbocycles. The smallest absolute Gasteiger partial charge is 0.266 e. The van der Waals surface area contributed by atoms with Crippen LogP contribution < -0.4 is 4.74 Å². The minimum Gasteiger partial charge on any atom is -0.486 e. The summed E-state index contributed by atoms with van der Waals surface area (Å²) in [5.74, 6) is 0.933. The van der Waals surface area contributed by atoms with E-state index in [9.17, 15) is 4.79 Å². The monoisotopic (exact) mass is 344 g/mol. The Morgan fingerprint density at radius 1 is 1.29 bits per heavy atom. The normalized spacial score (nSPS) is 16.0. The molecule has 0 unspecified atom stereocenters. The maximum atomic E-state index is 12.8. The van der Waals surface area contributed by atoms with E-state index in [2.05, 4.69) is 32.7 Å². The second-order valence-electron chi connectivity index (χ2n) is 7.28. The summed E-state index contributed by atoms with van der Waals surface area (Å²) in [6.45, 7) is 9.80. The first kappa shape index (κ1) is 17.0. The Morgan fingerprint density at radius 3 is 2.67 bits per heavy atom. The molecule has 0 bridgehead atoms. The van der Waals surface area contributed by atoms with Gasteiger partial charge in [-0.25, -0.2) is 4.98 Å². The Morgan fingerprint density at radius 2 is 2.00 bits per heavy atom. The van der Waals surface area contributed by atoms with Gasteiger partial charge in [0.05, 0.1) is 5.69 Å². The van der Waals surface area contributed by atoms with Crippen molar-refractivity contribution in [1.29, 1.82) is 0 Å². The van der Waals surface area contributed by atoms with Crippen LogP contribution in [0.4, 0.5) is 0 Å². The molecule has 3 rings (SSSR count). The van der Waals surface area contributed by atoms with Crippen LogP contribution in [0.2, 0.25) is 0 Å². The number of thiazole rings is 1. The lowest BCUT2D eigenvalue weighted by atomic mass is 9.86. The van der Waals surface area contributed by atoms with Gasteiger partial charge in [-0.2, -0.15) is 0 Å². The largest absolute Gasteiger partial charge is 0.486 e. The maximum Gasteiger partial charge on any atom is 0.266 e. The van der Waals surface area contributed by atoms with E-state index in [1.165, 1.54) is 11.3 Å². The number of amides is 1. The summed E-state index contributed by atoms with van der Waals surface area (Å²) in [5.41, 5.74) is 0.992. The second-order valence-corrected chi connectivity index (χ2v) is 8.36. The summed E-state index contributed by atoms with van der Waals surface area (Å²) < 4.78 is 5.76. The molecule has 0 radical (unpaired) electrons.